The highest BCUT2D eigenvalue weighted by molar-refractivity contribution is 5.88. The summed E-state index contributed by atoms with van der Waals surface area (Å²) in [5, 5.41) is 8.01. The van der Waals surface area contributed by atoms with E-state index in [0.29, 0.717) is 6.54 Å². The first-order chi connectivity index (χ1) is 7.47. The Hall–Kier alpha value is -1.54. The maximum atomic E-state index is 11.4. The van der Waals surface area contributed by atoms with Crippen LogP contribution in [0.4, 0.5) is 0 Å². The van der Waals surface area contributed by atoms with E-state index in [2.05, 4.69) is 21.9 Å². The van der Waals surface area contributed by atoms with Gasteiger partial charge in [0.25, 0.3) is 0 Å². The Bertz CT molecular complexity index is 281. The molecular formula is C11H19N3O2. The molecule has 0 saturated carbocycles. The lowest BCUT2D eigenvalue weighted by Gasteiger charge is -2.15. The van der Waals surface area contributed by atoms with Crippen molar-refractivity contribution in [1.82, 2.24) is 16.0 Å². The lowest BCUT2D eigenvalue weighted by molar-refractivity contribution is -0.128. The predicted molar refractivity (Wildman–Crippen MR) is 62.6 cm³/mol. The van der Waals surface area contributed by atoms with E-state index in [1.807, 2.05) is 13.8 Å². The Labute approximate surface area is 96.4 Å². The first-order valence-corrected chi connectivity index (χ1v) is 5.21. The number of rotatable bonds is 6. The largest absolute Gasteiger partial charge is 0.352 e. The fourth-order valence-electron chi connectivity index (χ4n) is 1.02. The summed E-state index contributed by atoms with van der Waals surface area (Å²) in [7, 11) is 0. The molecule has 16 heavy (non-hydrogen) atoms. The zero-order valence-electron chi connectivity index (χ0n) is 9.96. The Morgan fingerprint density at radius 3 is 2.38 bits per heavy atom. The fourth-order valence-corrected chi connectivity index (χ4v) is 1.02. The second-order valence-electron chi connectivity index (χ2n) is 3.76. The summed E-state index contributed by atoms with van der Waals surface area (Å²) in [4.78, 5) is 22.7. The average molecular weight is 225 g/mol. The molecule has 0 bridgehead atoms. The van der Waals surface area contributed by atoms with Crippen LogP contribution >= 0.6 is 0 Å². The van der Waals surface area contributed by atoms with Crippen LogP contribution in [0.3, 0.4) is 0 Å². The van der Waals surface area contributed by atoms with Gasteiger partial charge in [0.2, 0.25) is 11.8 Å². The van der Waals surface area contributed by atoms with Crippen molar-refractivity contribution in [3.63, 3.8) is 0 Å². The molecule has 0 aliphatic heterocycles. The summed E-state index contributed by atoms with van der Waals surface area (Å²) in [6, 6.07) is -0.478. The van der Waals surface area contributed by atoms with Crippen LogP contribution in [0.2, 0.25) is 0 Å². The lowest BCUT2D eigenvalue weighted by atomic mass is 10.3. The monoisotopic (exact) mass is 225 g/mol. The van der Waals surface area contributed by atoms with E-state index >= 15 is 0 Å². The van der Waals surface area contributed by atoms with E-state index in [0.717, 1.165) is 0 Å². The SMILES string of the molecule is C#CCNCC(=O)NC(C)C(=O)NC(C)C. The number of terminal acetylenes is 1. The topological polar surface area (TPSA) is 70.2 Å². The third-order valence-corrected chi connectivity index (χ3v) is 1.71. The molecule has 1 unspecified atom stereocenters. The third kappa shape index (κ3) is 6.85. The number of carbonyl (C=O) groups is 2. The van der Waals surface area contributed by atoms with Gasteiger partial charge < -0.3 is 10.6 Å². The second-order valence-corrected chi connectivity index (χ2v) is 3.76. The highest BCUT2D eigenvalue weighted by atomic mass is 16.2. The smallest absolute Gasteiger partial charge is 0.242 e. The van der Waals surface area contributed by atoms with Gasteiger partial charge in [0.15, 0.2) is 0 Å². The molecule has 5 nitrogen and oxygen atoms in total. The molecular weight excluding hydrogens is 206 g/mol. The molecule has 0 spiro atoms. The minimum Gasteiger partial charge on any atom is -0.352 e. The molecule has 0 aromatic carbocycles. The van der Waals surface area contributed by atoms with Crippen LogP contribution in [-0.4, -0.2) is 37.0 Å². The van der Waals surface area contributed by atoms with Gasteiger partial charge in [0.05, 0.1) is 13.1 Å². The molecule has 3 N–H and O–H groups in total. The van der Waals surface area contributed by atoms with E-state index < -0.39 is 6.04 Å². The van der Waals surface area contributed by atoms with Crippen molar-refractivity contribution in [2.45, 2.75) is 32.9 Å². The standard InChI is InChI=1S/C11H19N3O2/c1-5-6-12-7-10(15)14-9(4)11(16)13-8(2)3/h1,8-9,12H,6-7H2,2-4H3,(H,13,16)(H,14,15). The van der Waals surface area contributed by atoms with E-state index in [4.69, 9.17) is 6.42 Å². The lowest BCUT2D eigenvalue weighted by Crippen LogP contribution is -2.48. The summed E-state index contributed by atoms with van der Waals surface area (Å²) in [6.07, 6.45) is 5.01. The normalized spacial score (nSPS) is 11.7. The molecule has 5 heteroatoms. The Morgan fingerprint density at radius 1 is 1.25 bits per heavy atom. The van der Waals surface area contributed by atoms with Gasteiger partial charge in [-0.25, -0.2) is 0 Å². The van der Waals surface area contributed by atoms with Gasteiger partial charge in [-0.2, -0.15) is 0 Å². The van der Waals surface area contributed by atoms with Crippen LogP contribution < -0.4 is 16.0 Å². The molecule has 0 rings (SSSR count). The van der Waals surface area contributed by atoms with E-state index in [1.54, 1.807) is 6.92 Å². The number of carbonyl (C=O) groups excluding carboxylic acids is 2. The van der Waals surface area contributed by atoms with Gasteiger partial charge in [0.1, 0.15) is 6.04 Å². The van der Waals surface area contributed by atoms with E-state index in [9.17, 15) is 9.59 Å². The van der Waals surface area contributed by atoms with Crippen LogP contribution in [0.5, 0.6) is 0 Å². The molecule has 0 heterocycles. The summed E-state index contributed by atoms with van der Waals surface area (Å²) >= 11 is 0. The van der Waals surface area contributed by atoms with Crippen LogP contribution in [-0.2, 0) is 9.59 Å². The molecule has 90 valence electrons. The molecule has 1 atom stereocenters. The van der Waals surface area contributed by atoms with Crippen molar-refractivity contribution in [1.29, 1.82) is 0 Å². The predicted octanol–water partition coefficient (Wildman–Crippen LogP) is -0.761. The maximum Gasteiger partial charge on any atom is 0.242 e. The van der Waals surface area contributed by atoms with Gasteiger partial charge in [0, 0.05) is 6.04 Å². The van der Waals surface area contributed by atoms with Crippen molar-refractivity contribution in [3.8, 4) is 12.3 Å². The van der Waals surface area contributed by atoms with E-state index in [-0.39, 0.29) is 24.4 Å². The van der Waals surface area contributed by atoms with Crippen molar-refractivity contribution in [2.75, 3.05) is 13.1 Å². The fraction of sp³-hybridized carbons (Fsp3) is 0.636. The Morgan fingerprint density at radius 2 is 1.88 bits per heavy atom. The van der Waals surface area contributed by atoms with Gasteiger partial charge in [-0.15, -0.1) is 6.42 Å². The molecule has 0 aliphatic carbocycles. The first-order valence-electron chi connectivity index (χ1n) is 5.21. The number of hydrogen-bond donors (Lipinski definition) is 3. The van der Waals surface area contributed by atoms with Crippen molar-refractivity contribution in [3.05, 3.63) is 0 Å². The molecule has 2 amide bonds. The molecule has 0 aliphatic rings. The van der Waals surface area contributed by atoms with Crippen molar-refractivity contribution < 1.29 is 9.59 Å². The minimum absolute atomic E-state index is 0.0615. The molecule has 0 radical (unpaired) electrons. The summed E-state index contributed by atoms with van der Waals surface area (Å²) in [6.45, 7) is 5.81. The van der Waals surface area contributed by atoms with Gasteiger partial charge in [-0.1, -0.05) is 5.92 Å². The average Bonchev–Trinajstić information content (AvgIpc) is 2.16. The molecule has 0 fully saturated rings. The Kier molecular flexibility index (Phi) is 6.97. The van der Waals surface area contributed by atoms with Crippen LogP contribution in [0, 0.1) is 12.3 Å². The van der Waals surface area contributed by atoms with E-state index in [1.165, 1.54) is 0 Å². The van der Waals surface area contributed by atoms with Gasteiger partial charge in [-0.3, -0.25) is 14.9 Å². The minimum atomic E-state index is -0.539. The quantitative estimate of drug-likeness (QED) is 0.411. The molecule has 0 aromatic rings. The number of hydrogen-bond acceptors (Lipinski definition) is 3. The molecule has 0 saturated heterocycles. The zero-order chi connectivity index (χ0) is 12.6. The van der Waals surface area contributed by atoms with Crippen molar-refractivity contribution in [2.24, 2.45) is 0 Å². The molecule has 0 aromatic heterocycles. The van der Waals surface area contributed by atoms with Crippen LogP contribution in [0.15, 0.2) is 0 Å². The zero-order valence-corrected chi connectivity index (χ0v) is 9.96. The van der Waals surface area contributed by atoms with Gasteiger partial charge >= 0.3 is 0 Å². The van der Waals surface area contributed by atoms with Gasteiger partial charge in [-0.05, 0) is 20.8 Å². The highest BCUT2D eigenvalue weighted by Crippen LogP contribution is 1.85. The first kappa shape index (κ1) is 14.5. The number of nitrogens with one attached hydrogen (secondary N) is 3. The summed E-state index contributed by atoms with van der Waals surface area (Å²) in [5.41, 5.74) is 0. The number of amides is 2. The second kappa shape index (κ2) is 7.71. The van der Waals surface area contributed by atoms with Crippen LogP contribution in [0.25, 0.3) is 0 Å². The Balaban J connectivity index is 3.86. The summed E-state index contributed by atoms with van der Waals surface area (Å²) in [5.74, 6) is 1.91. The van der Waals surface area contributed by atoms with Crippen LogP contribution in [0.1, 0.15) is 20.8 Å². The maximum absolute atomic E-state index is 11.4. The van der Waals surface area contributed by atoms with Crippen molar-refractivity contribution >= 4 is 11.8 Å². The highest BCUT2D eigenvalue weighted by Gasteiger charge is 2.15. The third-order valence-electron chi connectivity index (χ3n) is 1.71. The summed E-state index contributed by atoms with van der Waals surface area (Å²) < 4.78 is 0.